The van der Waals surface area contributed by atoms with Crippen LogP contribution in [0.25, 0.3) is 11.0 Å². The van der Waals surface area contributed by atoms with E-state index in [1.54, 1.807) is 55.6 Å². The fourth-order valence-electron chi connectivity index (χ4n) is 2.97. The number of anilines is 2. The molecule has 0 aliphatic heterocycles. The molecule has 0 bridgehead atoms. The first-order valence-corrected chi connectivity index (χ1v) is 8.88. The lowest BCUT2D eigenvalue weighted by Gasteiger charge is -2.06. The normalized spacial score (nSPS) is 10.7. The predicted octanol–water partition coefficient (Wildman–Crippen LogP) is 4.85. The molecule has 0 spiro atoms. The van der Waals surface area contributed by atoms with Crippen molar-refractivity contribution in [3.8, 4) is 5.75 Å². The van der Waals surface area contributed by atoms with Gasteiger partial charge in [0.25, 0.3) is 11.8 Å². The second-order valence-corrected chi connectivity index (χ2v) is 6.38. The highest BCUT2D eigenvalue weighted by molar-refractivity contribution is 6.07. The smallest absolute Gasteiger partial charge is 0.291 e. The highest BCUT2D eigenvalue weighted by Gasteiger charge is 2.18. The van der Waals surface area contributed by atoms with E-state index in [4.69, 9.17) is 13.6 Å². The Hall–Kier alpha value is -4.00. The van der Waals surface area contributed by atoms with Gasteiger partial charge in [0.1, 0.15) is 11.3 Å². The van der Waals surface area contributed by atoms with Crippen molar-refractivity contribution >= 4 is 34.2 Å². The Labute approximate surface area is 166 Å². The molecule has 2 heterocycles. The van der Waals surface area contributed by atoms with E-state index < -0.39 is 0 Å². The molecule has 0 fully saturated rings. The van der Waals surface area contributed by atoms with Gasteiger partial charge in [0, 0.05) is 22.3 Å². The third kappa shape index (κ3) is 3.70. The summed E-state index contributed by atoms with van der Waals surface area (Å²) in [6.07, 6.45) is 1.43. The first-order valence-electron chi connectivity index (χ1n) is 8.88. The van der Waals surface area contributed by atoms with E-state index in [2.05, 4.69) is 10.6 Å². The maximum absolute atomic E-state index is 12.7. The van der Waals surface area contributed by atoms with E-state index in [0.717, 1.165) is 10.9 Å². The summed E-state index contributed by atoms with van der Waals surface area (Å²) in [5.41, 5.74) is 2.50. The van der Waals surface area contributed by atoms with Gasteiger partial charge in [-0.05, 0) is 61.5 Å². The summed E-state index contributed by atoms with van der Waals surface area (Å²) in [7, 11) is 1.59. The molecule has 29 heavy (non-hydrogen) atoms. The van der Waals surface area contributed by atoms with E-state index in [-0.39, 0.29) is 23.3 Å². The maximum atomic E-state index is 12.7. The Balaban J connectivity index is 1.48. The number of rotatable bonds is 5. The van der Waals surface area contributed by atoms with Crippen LogP contribution >= 0.6 is 0 Å². The highest BCUT2D eigenvalue weighted by Crippen LogP contribution is 2.29. The SMILES string of the molecule is COc1ccc2oc(C(=O)Nc3ccc(NC(=O)c4ccco4)cc3)c(C)c2c1. The molecule has 146 valence electrons. The maximum Gasteiger partial charge on any atom is 0.291 e. The lowest BCUT2D eigenvalue weighted by atomic mass is 10.1. The molecule has 4 aromatic rings. The summed E-state index contributed by atoms with van der Waals surface area (Å²) in [4.78, 5) is 24.7. The van der Waals surface area contributed by atoms with Gasteiger partial charge in [-0.1, -0.05) is 0 Å². The topological polar surface area (TPSA) is 93.7 Å². The largest absolute Gasteiger partial charge is 0.497 e. The van der Waals surface area contributed by atoms with Gasteiger partial charge in [-0.3, -0.25) is 9.59 Å². The summed E-state index contributed by atoms with van der Waals surface area (Å²) >= 11 is 0. The van der Waals surface area contributed by atoms with Crippen molar-refractivity contribution in [3.05, 3.63) is 77.9 Å². The van der Waals surface area contributed by atoms with Gasteiger partial charge < -0.3 is 24.2 Å². The summed E-state index contributed by atoms with van der Waals surface area (Å²) < 4.78 is 16.0. The second-order valence-electron chi connectivity index (χ2n) is 6.38. The molecule has 7 heteroatoms. The molecule has 2 amide bonds. The molecule has 0 atom stereocenters. The number of furan rings is 2. The highest BCUT2D eigenvalue weighted by atomic mass is 16.5. The zero-order valence-electron chi connectivity index (χ0n) is 15.8. The van der Waals surface area contributed by atoms with Crippen molar-refractivity contribution < 1.29 is 23.2 Å². The van der Waals surface area contributed by atoms with Crippen LogP contribution in [0, 0.1) is 6.92 Å². The fourth-order valence-corrected chi connectivity index (χ4v) is 2.97. The van der Waals surface area contributed by atoms with Crippen LogP contribution in [0.1, 0.15) is 26.7 Å². The van der Waals surface area contributed by atoms with Crippen molar-refractivity contribution in [3.63, 3.8) is 0 Å². The molecule has 0 aliphatic rings. The van der Waals surface area contributed by atoms with Crippen LogP contribution < -0.4 is 15.4 Å². The molecule has 2 N–H and O–H groups in total. The molecule has 0 saturated carbocycles. The van der Waals surface area contributed by atoms with Crippen molar-refractivity contribution in [1.29, 1.82) is 0 Å². The Kier molecular flexibility index (Phi) is 4.78. The number of carbonyl (C=O) groups excluding carboxylic acids is 2. The number of ether oxygens (including phenoxy) is 1. The van der Waals surface area contributed by atoms with Gasteiger partial charge in [0.2, 0.25) is 0 Å². The minimum Gasteiger partial charge on any atom is -0.497 e. The summed E-state index contributed by atoms with van der Waals surface area (Å²) in [5.74, 6) is 0.452. The van der Waals surface area contributed by atoms with Crippen LogP contribution in [0.15, 0.2) is 69.7 Å². The van der Waals surface area contributed by atoms with E-state index >= 15 is 0 Å². The molecular weight excluding hydrogens is 372 g/mol. The quantitative estimate of drug-likeness (QED) is 0.508. The zero-order chi connectivity index (χ0) is 20.4. The second kappa shape index (κ2) is 7.55. The lowest BCUT2D eigenvalue weighted by Crippen LogP contribution is -2.13. The van der Waals surface area contributed by atoms with Gasteiger partial charge in [-0.15, -0.1) is 0 Å². The molecule has 0 radical (unpaired) electrons. The number of benzene rings is 2. The molecule has 0 saturated heterocycles. The molecule has 0 aliphatic carbocycles. The number of amides is 2. The van der Waals surface area contributed by atoms with Crippen molar-refractivity contribution in [1.82, 2.24) is 0 Å². The first-order chi connectivity index (χ1) is 14.0. The van der Waals surface area contributed by atoms with Crippen molar-refractivity contribution in [2.45, 2.75) is 6.92 Å². The monoisotopic (exact) mass is 390 g/mol. The Bertz CT molecular complexity index is 1170. The molecule has 7 nitrogen and oxygen atoms in total. The lowest BCUT2D eigenvalue weighted by molar-refractivity contribution is 0.0989. The molecule has 0 unspecified atom stereocenters. The Morgan fingerprint density at radius 3 is 2.24 bits per heavy atom. The van der Waals surface area contributed by atoms with Gasteiger partial charge in [0.05, 0.1) is 13.4 Å². The Morgan fingerprint density at radius 2 is 1.62 bits per heavy atom. The van der Waals surface area contributed by atoms with Gasteiger partial charge in [-0.25, -0.2) is 0 Å². The van der Waals surface area contributed by atoms with E-state index in [9.17, 15) is 9.59 Å². The Morgan fingerprint density at radius 1 is 0.931 bits per heavy atom. The number of fused-ring (bicyclic) bond motifs is 1. The number of carbonyl (C=O) groups is 2. The van der Waals surface area contributed by atoms with Crippen LogP contribution in [0.4, 0.5) is 11.4 Å². The number of methoxy groups -OCH3 is 1. The molecular formula is C22H18N2O5. The van der Waals surface area contributed by atoms with Crippen LogP contribution in [0.5, 0.6) is 5.75 Å². The van der Waals surface area contributed by atoms with Gasteiger partial charge in [-0.2, -0.15) is 0 Å². The first kappa shape index (κ1) is 18.4. The zero-order valence-corrected chi connectivity index (χ0v) is 15.8. The molecule has 2 aromatic heterocycles. The molecule has 2 aromatic carbocycles. The molecule has 4 rings (SSSR count). The number of aryl methyl sites for hydroxylation is 1. The van der Waals surface area contributed by atoms with Gasteiger partial charge in [0.15, 0.2) is 11.5 Å². The number of hydrogen-bond acceptors (Lipinski definition) is 5. The summed E-state index contributed by atoms with van der Waals surface area (Å²) in [6.45, 7) is 1.83. The van der Waals surface area contributed by atoms with Crippen molar-refractivity contribution in [2.24, 2.45) is 0 Å². The van der Waals surface area contributed by atoms with Crippen LogP contribution in [-0.4, -0.2) is 18.9 Å². The predicted molar refractivity (Wildman–Crippen MR) is 109 cm³/mol. The van der Waals surface area contributed by atoms with Gasteiger partial charge >= 0.3 is 0 Å². The van der Waals surface area contributed by atoms with Crippen LogP contribution in [0.2, 0.25) is 0 Å². The number of hydrogen-bond donors (Lipinski definition) is 2. The van der Waals surface area contributed by atoms with E-state index in [0.29, 0.717) is 22.7 Å². The minimum atomic E-state index is -0.356. The van der Waals surface area contributed by atoms with E-state index in [1.165, 1.54) is 6.26 Å². The third-order valence-electron chi connectivity index (χ3n) is 4.50. The average Bonchev–Trinajstić information content (AvgIpc) is 3.38. The van der Waals surface area contributed by atoms with Crippen LogP contribution in [-0.2, 0) is 0 Å². The summed E-state index contributed by atoms with van der Waals surface area (Å²) in [6, 6.07) is 15.4. The van der Waals surface area contributed by atoms with Crippen molar-refractivity contribution in [2.75, 3.05) is 17.7 Å². The van der Waals surface area contributed by atoms with E-state index in [1.807, 2.05) is 13.0 Å². The number of nitrogens with one attached hydrogen (secondary N) is 2. The van der Waals surface area contributed by atoms with Crippen LogP contribution in [0.3, 0.4) is 0 Å². The third-order valence-corrected chi connectivity index (χ3v) is 4.50. The fraction of sp³-hybridized carbons (Fsp3) is 0.0909. The standard InChI is InChI=1S/C22H18N2O5/c1-13-17-12-16(27-2)9-10-18(17)29-20(13)22(26)24-15-7-5-14(6-8-15)23-21(25)19-4-3-11-28-19/h3-12H,1-2H3,(H,23,25)(H,24,26). The minimum absolute atomic E-state index is 0.222. The average molecular weight is 390 g/mol. The summed E-state index contributed by atoms with van der Waals surface area (Å²) in [5, 5.41) is 6.34.